The third kappa shape index (κ3) is 2.56. The molecular weight excluding hydrogens is 284 g/mol. The molecule has 0 aromatic heterocycles. The molecule has 0 saturated carbocycles. The van der Waals surface area contributed by atoms with Gasteiger partial charge in [-0.3, -0.25) is 9.59 Å². The molecule has 1 aromatic rings. The molecule has 0 amide bonds. The Hall–Kier alpha value is -2.04. The maximum Gasteiger partial charge on any atom is 0.315 e. The van der Waals surface area contributed by atoms with E-state index >= 15 is 0 Å². The zero-order valence-corrected chi connectivity index (χ0v) is 13.5. The van der Waals surface area contributed by atoms with Crippen LogP contribution in [0.5, 0.6) is 5.75 Å². The van der Waals surface area contributed by atoms with Gasteiger partial charge in [0, 0.05) is 12.8 Å². The van der Waals surface area contributed by atoms with Crippen molar-refractivity contribution in [2.75, 3.05) is 13.7 Å². The summed E-state index contributed by atoms with van der Waals surface area (Å²) in [7, 11) is 1.59. The highest BCUT2D eigenvalue weighted by Gasteiger charge is 2.58. The molecule has 0 radical (unpaired) electrons. The number of carbonyl (C=O) groups is 2. The van der Waals surface area contributed by atoms with Crippen LogP contribution in [0.4, 0.5) is 0 Å². The van der Waals surface area contributed by atoms with E-state index < -0.39 is 11.0 Å². The van der Waals surface area contributed by atoms with E-state index in [-0.39, 0.29) is 25.0 Å². The number of methoxy groups -OCH3 is 1. The first-order valence-electron chi connectivity index (χ1n) is 7.41. The molecule has 2 rings (SSSR count). The van der Waals surface area contributed by atoms with E-state index in [9.17, 15) is 9.59 Å². The van der Waals surface area contributed by atoms with Gasteiger partial charge in [0.05, 0.1) is 13.7 Å². The molecule has 1 aliphatic rings. The van der Waals surface area contributed by atoms with Gasteiger partial charge >= 0.3 is 11.9 Å². The summed E-state index contributed by atoms with van der Waals surface area (Å²) in [6.07, 6.45) is 0.735. The van der Waals surface area contributed by atoms with Crippen LogP contribution in [0.15, 0.2) is 24.3 Å². The SMILES string of the molecule is CCOC(=O)C(C)(C)C1(c2ccc(OC)cc2)CCC(=O)O1. The summed E-state index contributed by atoms with van der Waals surface area (Å²) < 4.78 is 16.0. The Bertz CT molecular complexity index is 561. The number of ether oxygens (including phenoxy) is 3. The normalized spacial score (nSPS) is 21.4. The fourth-order valence-electron chi connectivity index (χ4n) is 2.92. The summed E-state index contributed by atoms with van der Waals surface area (Å²) >= 11 is 0. The van der Waals surface area contributed by atoms with E-state index in [0.717, 1.165) is 5.56 Å². The molecule has 0 bridgehead atoms. The van der Waals surface area contributed by atoms with Gasteiger partial charge in [-0.25, -0.2) is 0 Å². The Kier molecular flexibility index (Phi) is 4.44. The van der Waals surface area contributed by atoms with Gasteiger partial charge < -0.3 is 14.2 Å². The van der Waals surface area contributed by atoms with Crippen molar-refractivity contribution >= 4 is 11.9 Å². The predicted octanol–water partition coefficient (Wildman–Crippen LogP) is 2.82. The molecule has 5 heteroatoms. The van der Waals surface area contributed by atoms with Crippen LogP contribution in [0.1, 0.15) is 39.2 Å². The standard InChI is InChI=1S/C17H22O5/c1-5-21-15(19)16(2,3)17(11-10-14(18)22-17)12-6-8-13(20-4)9-7-12/h6-9H,5,10-11H2,1-4H3. The van der Waals surface area contributed by atoms with E-state index in [1.807, 2.05) is 12.1 Å². The summed E-state index contributed by atoms with van der Waals surface area (Å²) in [5.41, 5.74) is -1.22. The molecule has 0 aliphatic carbocycles. The monoisotopic (exact) mass is 306 g/mol. The summed E-state index contributed by atoms with van der Waals surface area (Å²) in [4.78, 5) is 24.2. The molecule has 1 saturated heterocycles. The first-order chi connectivity index (χ1) is 10.4. The number of esters is 2. The maximum atomic E-state index is 12.4. The highest BCUT2D eigenvalue weighted by atomic mass is 16.6. The molecule has 0 N–H and O–H groups in total. The van der Waals surface area contributed by atoms with Crippen molar-refractivity contribution in [2.24, 2.45) is 5.41 Å². The topological polar surface area (TPSA) is 61.8 Å². The Labute approximate surface area is 130 Å². The highest BCUT2D eigenvalue weighted by molar-refractivity contribution is 5.81. The van der Waals surface area contributed by atoms with Gasteiger partial charge in [0.1, 0.15) is 11.2 Å². The third-order valence-corrected chi connectivity index (χ3v) is 4.32. The molecule has 120 valence electrons. The molecule has 1 aromatic carbocycles. The van der Waals surface area contributed by atoms with Crippen LogP contribution in [0.2, 0.25) is 0 Å². The summed E-state index contributed by atoms with van der Waals surface area (Å²) in [5, 5.41) is 0. The molecule has 1 aliphatic heterocycles. The Morgan fingerprint density at radius 1 is 1.32 bits per heavy atom. The summed E-state index contributed by atoms with van der Waals surface area (Å²) in [6, 6.07) is 7.26. The fourth-order valence-corrected chi connectivity index (χ4v) is 2.92. The molecule has 0 spiro atoms. The molecule has 1 atom stereocenters. The van der Waals surface area contributed by atoms with Crippen LogP contribution in [0.3, 0.4) is 0 Å². The molecule has 1 fully saturated rings. The number of carbonyl (C=O) groups excluding carboxylic acids is 2. The lowest BCUT2D eigenvalue weighted by Crippen LogP contribution is -2.48. The van der Waals surface area contributed by atoms with Crippen molar-refractivity contribution in [1.82, 2.24) is 0 Å². The smallest absolute Gasteiger partial charge is 0.315 e. The predicted molar refractivity (Wildman–Crippen MR) is 80.4 cm³/mol. The Morgan fingerprint density at radius 3 is 2.41 bits per heavy atom. The first-order valence-corrected chi connectivity index (χ1v) is 7.41. The van der Waals surface area contributed by atoms with Crippen LogP contribution in [0, 0.1) is 5.41 Å². The van der Waals surface area contributed by atoms with Gasteiger partial charge in [0.15, 0.2) is 5.60 Å². The lowest BCUT2D eigenvalue weighted by Gasteiger charge is -2.40. The first kappa shape index (κ1) is 16.3. The van der Waals surface area contributed by atoms with Crippen LogP contribution >= 0.6 is 0 Å². The largest absolute Gasteiger partial charge is 0.497 e. The van der Waals surface area contributed by atoms with Gasteiger partial charge in [0.25, 0.3) is 0 Å². The minimum Gasteiger partial charge on any atom is -0.497 e. The van der Waals surface area contributed by atoms with Gasteiger partial charge in [-0.15, -0.1) is 0 Å². The minimum absolute atomic E-state index is 0.287. The highest BCUT2D eigenvalue weighted by Crippen LogP contribution is 2.50. The van der Waals surface area contributed by atoms with Gasteiger partial charge in [-0.05, 0) is 38.5 Å². The van der Waals surface area contributed by atoms with Crippen molar-refractivity contribution in [1.29, 1.82) is 0 Å². The van der Waals surface area contributed by atoms with E-state index in [4.69, 9.17) is 14.2 Å². The van der Waals surface area contributed by atoms with Gasteiger partial charge in [-0.1, -0.05) is 12.1 Å². The minimum atomic E-state index is -1.01. The van der Waals surface area contributed by atoms with E-state index in [2.05, 4.69) is 0 Å². The van der Waals surface area contributed by atoms with Gasteiger partial charge in [0.2, 0.25) is 0 Å². The van der Waals surface area contributed by atoms with E-state index in [1.54, 1.807) is 40.0 Å². The number of rotatable bonds is 5. The van der Waals surface area contributed by atoms with Crippen LogP contribution in [-0.2, 0) is 24.7 Å². The number of cyclic esters (lactones) is 1. The number of hydrogen-bond donors (Lipinski definition) is 0. The molecular formula is C17H22O5. The van der Waals surface area contributed by atoms with E-state index in [1.165, 1.54) is 0 Å². The van der Waals surface area contributed by atoms with Crippen molar-refractivity contribution in [2.45, 2.75) is 39.2 Å². The second-order valence-electron chi connectivity index (χ2n) is 5.88. The van der Waals surface area contributed by atoms with Crippen molar-refractivity contribution in [3.63, 3.8) is 0 Å². The summed E-state index contributed by atoms with van der Waals surface area (Å²) in [6.45, 7) is 5.56. The Morgan fingerprint density at radius 2 is 1.95 bits per heavy atom. The quantitative estimate of drug-likeness (QED) is 0.783. The Balaban J connectivity index is 2.48. The van der Waals surface area contributed by atoms with E-state index in [0.29, 0.717) is 12.2 Å². The van der Waals surface area contributed by atoms with Crippen LogP contribution < -0.4 is 4.74 Å². The third-order valence-electron chi connectivity index (χ3n) is 4.32. The fraction of sp³-hybridized carbons (Fsp3) is 0.529. The zero-order valence-electron chi connectivity index (χ0n) is 13.5. The summed E-state index contributed by atoms with van der Waals surface area (Å²) in [5.74, 6) is 0.0332. The average molecular weight is 306 g/mol. The zero-order chi connectivity index (χ0) is 16.4. The second kappa shape index (κ2) is 5.99. The molecule has 22 heavy (non-hydrogen) atoms. The average Bonchev–Trinajstić information content (AvgIpc) is 2.91. The van der Waals surface area contributed by atoms with Crippen molar-refractivity contribution in [3.05, 3.63) is 29.8 Å². The maximum absolute atomic E-state index is 12.4. The number of hydrogen-bond acceptors (Lipinski definition) is 5. The number of benzene rings is 1. The van der Waals surface area contributed by atoms with Crippen molar-refractivity contribution in [3.8, 4) is 5.75 Å². The molecule has 5 nitrogen and oxygen atoms in total. The van der Waals surface area contributed by atoms with Crippen LogP contribution in [-0.4, -0.2) is 25.7 Å². The second-order valence-corrected chi connectivity index (χ2v) is 5.88. The van der Waals surface area contributed by atoms with Gasteiger partial charge in [-0.2, -0.15) is 0 Å². The molecule has 1 unspecified atom stereocenters. The lowest BCUT2D eigenvalue weighted by atomic mass is 9.69. The van der Waals surface area contributed by atoms with Crippen molar-refractivity contribution < 1.29 is 23.8 Å². The lowest BCUT2D eigenvalue weighted by molar-refractivity contribution is -0.180. The molecule has 1 heterocycles. The van der Waals surface area contributed by atoms with Crippen LogP contribution in [0.25, 0.3) is 0 Å².